The summed E-state index contributed by atoms with van der Waals surface area (Å²) in [5.74, 6) is 0. The van der Waals surface area contributed by atoms with Gasteiger partial charge in [-0.3, -0.25) is 0 Å². The molecule has 0 aromatic carbocycles. The van der Waals surface area contributed by atoms with Gasteiger partial charge in [0, 0.05) is 0 Å². The molecule has 0 heterocycles. The predicted octanol–water partition coefficient (Wildman–Crippen LogP) is 5.07. The molecule has 0 N–H and O–H groups in total. The van der Waals surface area contributed by atoms with E-state index in [9.17, 15) is 0 Å². The summed E-state index contributed by atoms with van der Waals surface area (Å²) in [6, 6.07) is 0. The maximum absolute atomic E-state index is 6.08. The van der Waals surface area contributed by atoms with E-state index in [1.807, 2.05) is 16.0 Å². The van der Waals surface area contributed by atoms with Crippen LogP contribution in [0.3, 0.4) is 0 Å². The van der Waals surface area contributed by atoms with Crippen LogP contribution in [0.2, 0.25) is 0 Å². The molecule has 0 aromatic rings. The Morgan fingerprint density at radius 2 is 0.750 bits per heavy atom. The molecule has 0 bridgehead atoms. The van der Waals surface area contributed by atoms with Gasteiger partial charge in [-0.1, -0.05) is 0 Å². The zero-order valence-electron chi connectivity index (χ0n) is 16.1. The van der Waals surface area contributed by atoms with E-state index in [-0.39, 0.29) is 0 Å². The van der Waals surface area contributed by atoms with Gasteiger partial charge in [0.15, 0.2) is 0 Å². The molecule has 0 unspecified atom stereocenters. The van der Waals surface area contributed by atoms with Crippen LogP contribution in [0.4, 0.5) is 0 Å². The minimum absolute atomic E-state index is 0.852. The van der Waals surface area contributed by atoms with Crippen molar-refractivity contribution in [2.75, 3.05) is 26.4 Å². The maximum atomic E-state index is 6.08. The second kappa shape index (κ2) is 21.4. The van der Waals surface area contributed by atoms with Crippen molar-refractivity contribution in [3.8, 4) is 0 Å². The molecule has 0 fully saturated rings. The van der Waals surface area contributed by atoms with Crippen LogP contribution in [-0.2, 0) is 12.3 Å². The summed E-state index contributed by atoms with van der Waals surface area (Å²) < 4.78 is 24.3. The van der Waals surface area contributed by atoms with E-state index >= 15 is 0 Å². The third-order valence-corrected chi connectivity index (χ3v) is 44.4. The van der Waals surface area contributed by atoms with Gasteiger partial charge in [-0.05, 0) is 0 Å². The molecule has 0 saturated carbocycles. The molecule has 0 rings (SSSR count). The quantitative estimate of drug-likeness (QED) is 0.118. The SMILES string of the molecule is CCCC[O][SnH]([O]CCCC)[S][S][SnH]([O]CCCC)[O]CCCC. The summed E-state index contributed by atoms with van der Waals surface area (Å²) in [7, 11) is 3.74. The molecule has 0 aliphatic rings. The first-order valence-electron chi connectivity index (χ1n) is 9.56. The van der Waals surface area contributed by atoms with Gasteiger partial charge in [-0.25, -0.2) is 0 Å². The molecule has 4 nitrogen and oxygen atoms in total. The number of hydrogen-bond acceptors (Lipinski definition) is 6. The van der Waals surface area contributed by atoms with Crippen molar-refractivity contribution in [1.29, 1.82) is 0 Å². The third-order valence-electron chi connectivity index (χ3n) is 3.22. The zero-order chi connectivity index (χ0) is 17.9. The molecule has 24 heavy (non-hydrogen) atoms. The van der Waals surface area contributed by atoms with E-state index in [1.165, 1.54) is 25.7 Å². The van der Waals surface area contributed by atoms with E-state index in [0.29, 0.717) is 0 Å². The number of hydrogen-bond donors (Lipinski definition) is 0. The minimum atomic E-state index is -2.41. The second-order valence-electron chi connectivity index (χ2n) is 5.67. The van der Waals surface area contributed by atoms with Crippen molar-refractivity contribution in [2.24, 2.45) is 0 Å². The van der Waals surface area contributed by atoms with Crippen LogP contribution in [0.5, 0.6) is 0 Å². The summed E-state index contributed by atoms with van der Waals surface area (Å²) >= 11 is -4.83. The molecule has 146 valence electrons. The Balaban J connectivity index is 4.21. The van der Waals surface area contributed by atoms with E-state index in [0.717, 1.165) is 52.1 Å². The summed E-state index contributed by atoms with van der Waals surface area (Å²) in [5, 5.41) is 0. The van der Waals surface area contributed by atoms with Crippen LogP contribution in [-0.4, -0.2) is 64.8 Å². The van der Waals surface area contributed by atoms with Crippen LogP contribution >= 0.6 is 16.0 Å². The molecule has 0 spiro atoms. The van der Waals surface area contributed by atoms with E-state index < -0.39 is 38.4 Å². The van der Waals surface area contributed by atoms with Crippen molar-refractivity contribution in [3.05, 3.63) is 0 Å². The Bertz CT molecular complexity index is 210. The normalized spacial score (nSPS) is 11.8. The van der Waals surface area contributed by atoms with Crippen LogP contribution in [0.25, 0.3) is 0 Å². The summed E-state index contributed by atoms with van der Waals surface area (Å²) in [6.45, 7) is 12.2. The van der Waals surface area contributed by atoms with Crippen LogP contribution in [0.15, 0.2) is 0 Å². The first kappa shape index (κ1) is 26.1. The molecule has 8 heteroatoms. The monoisotopic (exact) mass is 598 g/mol. The molecule has 0 amide bonds. The fraction of sp³-hybridized carbons (Fsp3) is 1.00. The van der Waals surface area contributed by atoms with Gasteiger partial charge in [0.1, 0.15) is 0 Å². The fourth-order valence-corrected chi connectivity index (χ4v) is 52.1. The van der Waals surface area contributed by atoms with E-state index in [1.54, 1.807) is 0 Å². The van der Waals surface area contributed by atoms with Crippen LogP contribution in [0.1, 0.15) is 79.1 Å². The molecule has 0 radical (unpaired) electrons. The van der Waals surface area contributed by atoms with Gasteiger partial charge in [-0.15, -0.1) is 0 Å². The van der Waals surface area contributed by atoms with Gasteiger partial charge in [0.2, 0.25) is 0 Å². The zero-order valence-corrected chi connectivity index (χ0v) is 24.3. The third kappa shape index (κ3) is 17.5. The summed E-state index contributed by atoms with van der Waals surface area (Å²) in [4.78, 5) is 0. The molecule has 0 aromatic heterocycles. The molecule has 0 atom stereocenters. The summed E-state index contributed by atoms with van der Waals surface area (Å²) in [5.41, 5.74) is 0. The van der Waals surface area contributed by atoms with Crippen LogP contribution < -0.4 is 0 Å². The fourth-order valence-electron chi connectivity index (χ4n) is 1.59. The molecular weight excluding hydrogens is 558 g/mol. The number of rotatable bonds is 19. The standard InChI is InChI=1S/4C4H9O.S2.2Sn.2H/c4*1-2-3-4-5;1-2;;;;/h4*2-4H2,1H3;;;;;/q4*-1;-2;2*+3;;. The van der Waals surface area contributed by atoms with Gasteiger partial charge < -0.3 is 0 Å². The molecular formula is C16H38O4S2Sn2. The van der Waals surface area contributed by atoms with E-state index in [4.69, 9.17) is 12.3 Å². The Morgan fingerprint density at radius 1 is 0.500 bits per heavy atom. The van der Waals surface area contributed by atoms with Crippen molar-refractivity contribution in [1.82, 2.24) is 0 Å². The average Bonchev–Trinajstić information content (AvgIpc) is 2.59. The van der Waals surface area contributed by atoms with Gasteiger partial charge >= 0.3 is 172 Å². The molecule has 0 aliphatic carbocycles. The predicted molar refractivity (Wildman–Crippen MR) is 113 cm³/mol. The topological polar surface area (TPSA) is 36.9 Å². The van der Waals surface area contributed by atoms with Crippen molar-refractivity contribution in [2.45, 2.75) is 79.1 Å². The first-order valence-corrected chi connectivity index (χ1v) is 25.3. The molecule has 0 saturated heterocycles. The Hall–Kier alpha value is 2.14. The van der Waals surface area contributed by atoms with Gasteiger partial charge in [0.05, 0.1) is 0 Å². The van der Waals surface area contributed by atoms with Crippen molar-refractivity contribution >= 4 is 54.4 Å². The first-order chi connectivity index (χ1) is 11.8. The van der Waals surface area contributed by atoms with Crippen LogP contribution in [0, 0.1) is 0 Å². The van der Waals surface area contributed by atoms with Gasteiger partial charge in [0.25, 0.3) is 0 Å². The Kier molecular flexibility index (Phi) is 23.3. The second-order valence-corrected chi connectivity index (χ2v) is 29.4. The van der Waals surface area contributed by atoms with Crippen molar-refractivity contribution in [3.63, 3.8) is 0 Å². The Morgan fingerprint density at radius 3 is 0.958 bits per heavy atom. The average molecular weight is 596 g/mol. The van der Waals surface area contributed by atoms with Crippen molar-refractivity contribution < 1.29 is 12.3 Å². The molecule has 0 aliphatic heterocycles. The summed E-state index contributed by atoms with van der Waals surface area (Å²) in [6.07, 6.45) is 9.21. The Labute approximate surface area is 170 Å². The number of unbranched alkanes of at least 4 members (excludes halogenated alkanes) is 4. The van der Waals surface area contributed by atoms with E-state index in [2.05, 4.69) is 27.7 Å². The van der Waals surface area contributed by atoms with Gasteiger partial charge in [-0.2, -0.15) is 0 Å².